The number of anilines is 2. The molecule has 1 aromatic carbocycles. The molecule has 31 heavy (non-hydrogen) atoms. The molecule has 9 nitrogen and oxygen atoms in total. The predicted molar refractivity (Wildman–Crippen MR) is 108 cm³/mol. The number of nitrogens with zero attached hydrogens (tertiary/aromatic N) is 3. The van der Waals surface area contributed by atoms with Crippen LogP contribution in [-0.4, -0.2) is 53.1 Å². The second-order valence-corrected chi connectivity index (χ2v) is 7.46. The molecule has 1 amide bonds. The number of nitrogens with two attached hydrogens (primary N) is 1. The van der Waals surface area contributed by atoms with Crippen molar-refractivity contribution in [3.05, 3.63) is 30.3 Å². The van der Waals surface area contributed by atoms with E-state index in [1.807, 2.05) is 11.5 Å². The standard InChI is InChI=1S/C20H21F2N5O4/c1-10-8-30-15-5-12(24-11(2)19(23)29)3-4-13(15)20-25-16(6-26(10)20)27-14(18(21)22)9-31-17(27)7-28/h3-6,10-11,14,18,24H,8-9H2,1-2H3,(H2,23,29)/t10-,11+,14+/m1/s1. The van der Waals surface area contributed by atoms with Crippen LogP contribution in [0.25, 0.3) is 11.4 Å². The highest BCUT2D eigenvalue weighted by molar-refractivity contribution is 5.83. The van der Waals surface area contributed by atoms with Crippen molar-refractivity contribution < 1.29 is 27.8 Å². The molecule has 0 spiro atoms. The highest BCUT2D eigenvalue weighted by atomic mass is 19.3. The van der Waals surface area contributed by atoms with Crippen molar-refractivity contribution >= 4 is 23.4 Å². The summed E-state index contributed by atoms with van der Waals surface area (Å²) in [4.78, 5) is 28.2. The van der Waals surface area contributed by atoms with Gasteiger partial charge in [-0.15, -0.1) is 0 Å². The number of aromatic nitrogens is 2. The van der Waals surface area contributed by atoms with Crippen LogP contribution in [0.4, 0.5) is 20.3 Å². The minimum atomic E-state index is -2.73. The summed E-state index contributed by atoms with van der Waals surface area (Å²) in [5, 5.41) is 2.99. The molecule has 2 aliphatic rings. The summed E-state index contributed by atoms with van der Waals surface area (Å²) in [6.45, 7) is 3.52. The molecule has 1 fully saturated rings. The number of alkyl halides is 2. The highest BCUT2D eigenvalue weighted by Crippen LogP contribution is 2.39. The number of amides is 1. The lowest BCUT2D eigenvalue weighted by atomic mass is 10.1. The van der Waals surface area contributed by atoms with E-state index in [9.17, 15) is 18.4 Å². The van der Waals surface area contributed by atoms with Gasteiger partial charge >= 0.3 is 0 Å². The maximum absolute atomic E-state index is 13.5. The van der Waals surface area contributed by atoms with Crippen molar-refractivity contribution in [2.45, 2.75) is 38.4 Å². The SMILES string of the molecule is C[C@H](Nc1ccc2c(c1)OC[C@@H](C)n1cc(N3C(=C=O)OC[C@H]3C(F)F)nc1-2)C(N)=O. The number of ether oxygens (including phenoxy) is 2. The molecule has 0 bridgehead atoms. The smallest absolute Gasteiger partial charge is 0.284 e. The van der Waals surface area contributed by atoms with Gasteiger partial charge in [0.2, 0.25) is 5.91 Å². The molecule has 164 valence electrons. The van der Waals surface area contributed by atoms with Crippen molar-refractivity contribution in [2.24, 2.45) is 5.73 Å². The fraction of sp³-hybridized carbons (Fsp3) is 0.400. The van der Waals surface area contributed by atoms with E-state index in [1.165, 1.54) is 0 Å². The molecule has 0 saturated carbocycles. The van der Waals surface area contributed by atoms with E-state index in [-0.39, 0.29) is 24.3 Å². The van der Waals surface area contributed by atoms with Gasteiger partial charge in [0.15, 0.2) is 11.8 Å². The number of benzene rings is 1. The number of hydrogen-bond donors (Lipinski definition) is 2. The van der Waals surface area contributed by atoms with Crippen LogP contribution in [0.2, 0.25) is 0 Å². The zero-order chi connectivity index (χ0) is 22.3. The molecule has 3 N–H and O–H groups in total. The number of nitrogens with one attached hydrogen (secondary N) is 1. The Labute approximate surface area is 176 Å². The van der Waals surface area contributed by atoms with Gasteiger partial charge in [-0.25, -0.2) is 18.6 Å². The van der Waals surface area contributed by atoms with E-state index in [1.54, 1.807) is 37.3 Å². The first-order valence-corrected chi connectivity index (χ1v) is 9.67. The second kappa shape index (κ2) is 7.92. The number of primary amides is 1. The highest BCUT2D eigenvalue weighted by Gasteiger charge is 2.40. The Kier molecular flexibility index (Phi) is 5.28. The molecule has 2 aliphatic heterocycles. The van der Waals surface area contributed by atoms with Crippen LogP contribution in [-0.2, 0) is 14.3 Å². The minimum Gasteiger partial charge on any atom is -0.491 e. The van der Waals surface area contributed by atoms with Gasteiger partial charge in [0.05, 0.1) is 11.6 Å². The third-order valence-electron chi connectivity index (χ3n) is 5.27. The molecule has 1 aromatic heterocycles. The largest absolute Gasteiger partial charge is 0.491 e. The first-order chi connectivity index (χ1) is 14.8. The van der Waals surface area contributed by atoms with E-state index in [0.29, 0.717) is 29.4 Å². The molecule has 0 unspecified atom stereocenters. The first-order valence-electron chi connectivity index (χ1n) is 9.67. The quantitative estimate of drug-likeness (QED) is 0.693. The summed E-state index contributed by atoms with van der Waals surface area (Å²) < 4.78 is 39.8. The minimum absolute atomic E-state index is 0.165. The van der Waals surface area contributed by atoms with E-state index in [0.717, 1.165) is 4.90 Å². The van der Waals surface area contributed by atoms with Crippen LogP contribution in [0.1, 0.15) is 19.9 Å². The number of carbonyl (C=O) groups is 1. The molecule has 3 heterocycles. The Hall–Kier alpha value is -3.59. The normalized spacial score (nSPS) is 20.8. The maximum Gasteiger partial charge on any atom is 0.284 e. The molecular formula is C20H21F2N5O4. The third-order valence-corrected chi connectivity index (χ3v) is 5.27. The van der Waals surface area contributed by atoms with Crippen LogP contribution >= 0.6 is 0 Å². The number of imidazole rings is 1. The Morgan fingerprint density at radius 2 is 2.13 bits per heavy atom. The fourth-order valence-electron chi connectivity index (χ4n) is 3.56. The van der Waals surface area contributed by atoms with Crippen molar-refractivity contribution in [1.29, 1.82) is 0 Å². The number of halogens is 2. The Balaban J connectivity index is 1.75. The number of carbonyl (C=O) groups excluding carboxylic acids is 2. The van der Waals surface area contributed by atoms with Gasteiger partial charge in [0, 0.05) is 18.0 Å². The van der Waals surface area contributed by atoms with Crippen LogP contribution in [0.15, 0.2) is 30.3 Å². The Morgan fingerprint density at radius 3 is 2.81 bits per heavy atom. The molecule has 4 rings (SSSR count). The molecule has 1 saturated heterocycles. The maximum atomic E-state index is 13.5. The molecule has 0 radical (unpaired) electrons. The van der Waals surface area contributed by atoms with E-state index < -0.39 is 24.4 Å². The zero-order valence-electron chi connectivity index (χ0n) is 16.8. The average molecular weight is 433 g/mol. The average Bonchev–Trinajstić information content (AvgIpc) is 3.33. The molecule has 3 atom stereocenters. The van der Waals surface area contributed by atoms with Gasteiger partial charge in [-0.2, -0.15) is 0 Å². The topological polar surface area (TPSA) is 112 Å². The van der Waals surface area contributed by atoms with Crippen molar-refractivity contribution in [3.63, 3.8) is 0 Å². The summed E-state index contributed by atoms with van der Waals surface area (Å²) in [7, 11) is 0. The third kappa shape index (κ3) is 3.68. The summed E-state index contributed by atoms with van der Waals surface area (Å²) in [6.07, 6.45) is -1.14. The van der Waals surface area contributed by atoms with Crippen molar-refractivity contribution in [3.8, 4) is 17.1 Å². The number of rotatable bonds is 5. The lowest BCUT2D eigenvalue weighted by molar-refractivity contribution is -0.118. The van der Waals surface area contributed by atoms with Gasteiger partial charge < -0.3 is 25.1 Å². The van der Waals surface area contributed by atoms with Crippen LogP contribution < -0.4 is 20.7 Å². The lowest BCUT2D eigenvalue weighted by Gasteiger charge is -2.19. The summed E-state index contributed by atoms with van der Waals surface area (Å²) in [5.74, 6) is 1.93. The van der Waals surface area contributed by atoms with E-state index >= 15 is 0 Å². The summed E-state index contributed by atoms with van der Waals surface area (Å²) >= 11 is 0. The molecule has 11 heteroatoms. The van der Waals surface area contributed by atoms with Crippen molar-refractivity contribution in [1.82, 2.24) is 9.55 Å². The van der Waals surface area contributed by atoms with Gasteiger partial charge in [0.25, 0.3) is 12.3 Å². The van der Waals surface area contributed by atoms with Crippen LogP contribution in [0, 0.1) is 0 Å². The molecule has 0 aliphatic carbocycles. The van der Waals surface area contributed by atoms with Gasteiger partial charge in [0.1, 0.15) is 36.9 Å². The van der Waals surface area contributed by atoms with Crippen LogP contribution in [0.3, 0.4) is 0 Å². The monoisotopic (exact) mass is 433 g/mol. The summed E-state index contributed by atoms with van der Waals surface area (Å²) in [5.41, 5.74) is 6.57. The van der Waals surface area contributed by atoms with Gasteiger partial charge in [-0.3, -0.25) is 9.69 Å². The van der Waals surface area contributed by atoms with Gasteiger partial charge in [-0.1, -0.05) is 0 Å². The lowest BCUT2D eigenvalue weighted by Crippen LogP contribution is -2.36. The van der Waals surface area contributed by atoms with E-state index in [4.69, 9.17) is 15.2 Å². The Bertz CT molecular complexity index is 1070. The van der Waals surface area contributed by atoms with Crippen LogP contribution in [0.5, 0.6) is 5.75 Å². The second-order valence-electron chi connectivity index (χ2n) is 7.46. The zero-order valence-corrected chi connectivity index (χ0v) is 16.8. The number of fused-ring (bicyclic) bond motifs is 3. The fourth-order valence-corrected chi connectivity index (χ4v) is 3.56. The Morgan fingerprint density at radius 1 is 1.35 bits per heavy atom. The summed E-state index contributed by atoms with van der Waals surface area (Å²) in [6, 6.07) is 3.15. The van der Waals surface area contributed by atoms with Crippen molar-refractivity contribution in [2.75, 3.05) is 23.4 Å². The molecular weight excluding hydrogens is 412 g/mol. The van der Waals surface area contributed by atoms with E-state index in [2.05, 4.69) is 10.3 Å². The predicted octanol–water partition coefficient (Wildman–Crippen LogP) is 1.93. The van der Waals surface area contributed by atoms with Gasteiger partial charge in [-0.05, 0) is 26.0 Å². The first kappa shape index (κ1) is 20.7. The molecule has 2 aromatic rings. The number of hydrogen-bond acceptors (Lipinski definition) is 7.